The second-order valence-electron chi connectivity index (χ2n) is 21.2. The van der Waals surface area contributed by atoms with Crippen molar-refractivity contribution in [1.82, 2.24) is 9.55 Å². The molecule has 11 rings (SSSR count). The summed E-state index contributed by atoms with van der Waals surface area (Å²) >= 11 is 0. The number of benzene rings is 8. The summed E-state index contributed by atoms with van der Waals surface area (Å²) in [6, 6.07) is 40.5. The van der Waals surface area contributed by atoms with Gasteiger partial charge in [-0.05, 0) is 98.0 Å². The maximum atomic E-state index is 9.27. The molecule has 1 aliphatic rings. The molecule has 7 heteroatoms. The van der Waals surface area contributed by atoms with Gasteiger partial charge in [-0.15, -0.1) is 48.1 Å². The maximum absolute atomic E-state index is 9.27. The first-order valence-electron chi connectivity index (χ1n) is 29.0. The number of hydrogen-bond donors (Lipinski definition) is 0. The molecule has 73 heavy (non-hydrogen) atoms. The molecule has 0 N–H and O–H groups in total. The molecule has 0 radical (unpaired) electrons. The molecule has 2 aromatic heterocycles. The van der Waals surface area contributed by atoms with E-state index in [1.54, 1.807) is 36.0 Å². The van der Waals surface area contributed by atoms with Gasteiger partial charge < -0.3 is 23.8 Å². The van der Waals surface area contributed by atoms with Crippen LogP contribution in [0.3, 0.4) is 0 Å². The van der Waals surface area contributed by atoms with Crippen LogP contribution in [-0.4, -0.2) is 9.55 Å². The van der Waals surface area contributed by atoms with Gasteiger partial charge in [0.2, 0.25) is 0 Å². The van der Waals surface area contributed by atoms with Crippen molar-refractivity contribution in [2.24, 2.45) is 0 Å². The van der Waals surface area contributed by atoms with Crippen molar-refractivity contribution in [2.75, 3.05) is 9.80 Å². The van der Waals surface area contributed by atoms with E-state index in [1.807, 2.05) is 109 Å². The molecule has 0 bridgehead atoms. The Morgan fingerprint density at radius 1 is 0.521 bits per heavy atom. The normalized spacial score (nSPS) is 14.7. The van der Waals surface area contributed by atoms with Crippen molar-refractivity contribution >= 4 is 44.6 Å². The number of pyridine rings is 1. The number of nitrogens with zero attached hydrogens (tertiary/aromatic N) is 4. The Bertz CT molecular complexity index is 4080. The van der Waals surface area contributed by atoms with Crippen LogP contribution in [0.5, 0.6) is 23.0 Å². The van der Waals surface area contributed by atoms with Gasteiger partial charge in [0.15, 0.2) is 0 Å². The van der Waals surface area contributed by atoms with E-state index in [2.05, 4.69) is 77.9 Å². The average Bonchev–Trinajstić information content (AvgIpc) is 4.24. The van der Waals surface area contributed by atoms with Gasteiger partial charge in [-0.25, -0.2) is 4.98 Å². The zero-order valence-corrected chi connectivity index (χ0v) is 44.4. The van der Waals surface area contributed by atoms with Crippen LogP contribution in [0.4, 0.5) is 22.7 Å². The summed E-state index contributed by atoms with van der Waals surface area (Å²) in [7, 11) is 0. The molecule has 0 unspecified atom stereocenters. The Balaban J connectivity index is 0.00000769. The monoisotopic (exact) mass is 1140 g/mol. The van der Waals surface area contributed by atoms with Gasteiger partial charge in [0.05, 0.1) is 13.7 Å². The minimum atomic E-state index is -0.636. The van der Waals surface area contributed by atoms with Crippen LogP contribution in [0.2, 0.25) is 0 Å². The van der Waals surface area contributed by atoms with Gasteiger partial charge in [0, 0.05) is 78.5 Å². The molecular weight excluding hydrogens is 1080 g/mol. The van der Waals surface area contributed by atoms with E-state index < -0.39 is 65.8 Å². The third kappa shape index (κ3) is 9.69. The number of para-hydroxylation sites is 3. The van der Waals surface area contributed by atoms with E-state index >= 15 is 0 Å². The van der Waals surface area contributed by atoms with Crippen LogP contribution in [0.25, 0.3) is 49.9 Å². The smallest absolute Gasteiger partial charge is 0.139 e. The summed E-state index contributed by atoms with van der Waals surface area (Å²) in [5.41, 5.74) is 5.94. The zero-order valence-electron chi connectivity index (χ0n) is 52.1. The predicted molar refractivity (Wildman–Crippen MR) is 298 cm³/mol. The number of fused-ring (bicyclic) bond motifs is 4. The van der Waals surface area contributed by atoms with Crippen molar-refractivity contribution in [3.63, 3.8) is 0 Å². The molecule has 0 amide bonds. The first-order valence-corrected chi connectivity index (χ1v) is 24.0. The fourth-order valence-electron chi connectivity index (χ4n) is 9.13. The molecule has 6 nitrogen and oxygen atoms in total. The van der Waals surface area contributed by atoms with E-state index in [4.69, 9.17) is 22.7 Å². The predicted octanol–water partition coefficient (Wildman–Crippen LogP) is 18.0. The quantitative estimate of drug-likeness (QED) is 0.135. The Morgan fingerprint density at radius 2 is 1.10 bits per heavy atom. The average molecular weight is 1150 g/mol. The van der Waals surface area contributed by atoms with Gasteiger partial charge in [-0.1, -0.05) is 165 Å². The van der Waals surface area contributed by atoms with E-state index in [1.165, 1.54) is 11.1 Å². The molecule has 0 saturated carbocycles. The molecule has 0 fully saturated rings. The molecule has 368 valence electrons. The first kappa shape index (κ1) is 38.2. The van der Waals surface area contributed by atoms with E-state index in [9.17, 15) is 5.48 Å². The van der Waals surface area contributed by atoms with E-state index in [0.29, 0.717) is 45.7 Å². The van der Waals surface area contributed by atoms with Gasteiger partial charge in [0.1, 0.15) is 17.3 Å². The summed E-state index contributed by atoms with van der Waals surface area (Å²) in [5.74, 6) is 2.75. The third-order valence-corrected chi connectivity index (χ3v) is 13.0. The minimum absolute atomic E-state index is 0. The number of anilines is 4. The number of aromatic nitrogens is 2. The Morgan fingerprint density at radius 3 is 1.73 bits per heavy atom. The van der Waals surface area contributed by atoms with Gasteiger partial charge >= 0.3 is 0 Å². The van der Waals surface area contributed by atoms with Crippen molar-refractivity contribution in [2.45, 2.75) is 78.6 Å². The molecule has 0 atom stereocenters. The molecule has 3 heterocycles. The Kier molecular flexibility index (Phi) is 10.1. The molecule has 1 aliphatic heterocycles. The van der Waals surface area contributed by atoms with Crippen LogP contribution in [0.1, 0.15) is 92.7 Å². The van der Waals surface area contributed by atoms with Crippen LogP contribution >= 0.6 is 0 Å². The third-order valence-electron chi connectivity index (χ3n) is 13.0. The van der Waals surface area contributed by atoms with Crippen molar-refractivity contribution in [1.29, 1.82) is 0 Å². The molecule has 8 aromatic carbocycles. The molecular formula is C66H59N4O2Pt-3. The second kappa shape index (κ2) is 19.2. The number of hydrogen-bond acceptors (Lipinski definition) is 5. The molecule has 0 saturated heterocycles. The van der Waals surface area contributed by atoms with Crippen LogP contribution in [-0.2, 0) is 37.3 Å². The summed E-state index contributed by atoms with van der Waals surface area (Å²) in [6.45, 7) is 20.8. The molecule has 10 aromatic rings. The van der Waals surface area contributed by atoms with Crippen molar-refractivity contribution in [3.8, 4) is 51.1 Å². The number of rotatable bonds is 9. The summed E-state index contributed by atoms with van der Waals surface area (Å²) in [5, 5.41) is 1.94. The fraction of sp³-hybridized carbons (Fsp3) is 0.182. The standard InChI is InChI=1S/C66H59N4O2.Pt/c1-64(2,3)46-35-47(65(4,5)6)37-53(36-46)72-52-33-34-67-62(42-52)70-58-28-17-16-27-54(58)55-32-31-51(41-61(55)70)71-50-26-20-25-49(40-50)68-43-69(60-30-19-18-29-59(60)68)63-56(44-21-12-10-13-22-44)38-48(66(7,8)9)39-57(63)45-23-14-11-15-24-45;/h10-39,42-43H,1-9H3;/q-3;/i10D,11D,12D,13D,14D,15D,21D,22D,23D,24D;. The van der Waals surface area contributed by atoms with Crippen LogP contribution in [0, 0.1) is 18.8 Å². The van der Waals surface area contributed by atoms with E-state index in [0.717, 1.165) is 27.6 Å². The van der Waals surface area contributed by atoms with Crippen molar-refractivity contribution < 1.29 is 44.2 Å². The largest absolute Gasteiger partial charge is 0.509 e. The Hall–Kier alpha value is -7.40. The SMILES string of the molecule is [2H]c1c([2H])c([2H])c(-c2cc(C(C)(C)C)cc(-c3c([2H])c([2H])c([2H])c([2H])c3[2H])c2N2[CH-]N(c3[c-]c(Oc4[c-]c5c(cc4)c4ccccc4n5-c4cc(Oc5cc(C(C)(C)C)cc(C(C)(C)C)c5)ccn4)ccc3)c3ccccc32)c([2H])c1[2H].[Pt]. The van der Waals surface area contributed by atoms with Crippen molar-refractivity contribution in [3.05, 3.63) is 223 Å². The molecule has 0 spiro atoms. The second-order valence-corrected chi connectivity index (χ2v) is 21.2. The fourth-order valence-corrected chi connectivity index (χ4v) is 9.13. The summed E-state index contributed by atoms with van der Waals surface area (Å²) in [4.78, 5) is 8.51. The topological polar surface area (TPSA) is 42.8 Å². The minimum Gasteiger partial charge on any atom is -0.509 e. The van der Waals surface area contributed by atoms with E-state index in [-0.39, 0.29) is 59.8 Å². The van der Waals surface area contributed by atoms with Gasteiger partial charge in [0.25, 0.3) is 0 Å². The summed E-state index contributed by atoms with van der Waals surface area (Å²) in [6.07, 6.45) is 1.74. The Labute approximate surface area is 459 Å². The molecule has 0 aliphatic carbocycles. The van der Waals surface area contributed by atoms with Crippen LogP contribution in [0.15, 0.2) is 188 Å². The van der Waals surface area contributed by atoms with Gasteiger partial charge in [-0.2, -0.15) is 12.1 Å². The zero-order chi connectivity index (χ0) is 58.6. The van der Waals surface area contributed by atoms with Crippen LogP contribution < -0.4 is 19.3 Å². The maximum Gasteiger partial charge on any atom is 0.139 e. The van der Waals surface area contributed by atoms with Gasteiger partial charge in [-0.3, -0.25) is 0 Å². The summed E-state index contributed by atoms with van der Waals surface area (Å²) < 4.78 is 105. The first-order chi connectivity index (χ1) is 38.7. The number of ether oxygens (including phenoxy) is 2.